The van der Waals surface area contributed by atoms with Gasteiger partial charge < -0.3 is 9.99 Å². The third kappa shape index (κ3) is 3.90. The van der Waals surface area contributed by atoms with Crippen LogP contribution in [-0.4, -0.2) is 46.4 Å². The lowest BCUT2D eigenvalue weighted by Gasteiger charge is -2.29. The summed E-state index contributed by atoms with van der Waals surface area (Å²) in [7, 11) is 4.45. The van der Waals surface area contributed by atoms with Crippen molar-refractivity contribution in [2.24, 2.45) is 0 Å². The van der Waals surface area contributed by atoms with E-state index in [0.29, 0.717) is 19.4 Å². The van der Waals surface area contributed by atoms with Gasteiger partial charge in [0, 0.05) is 21.7 Å². The molecule has 1 aromatic rings. The van der Waals surface area contributed by atoms with Crippen LogP contribution in [0.5, 0.6) is 0 Å². The van der Waals surface area contributed by atoms with Gasteiger partial charge in [0.05, 0.1) is 12.5 Å². The van der Waals surface area contributed by atoms with Gasteiger partial charge in [-0.3, -0.25) is 25.1 Å². The van der Waals surface area contributed by atoms with E-state index >= 15 is 0 Å². The second kappa shape index (κ2) is 8.16. The van der Waals surface area contributed by atoms with E-state index in [1.54, 1.807) is 0 Å². The summed E-state index contributed by atoms with van der Waals surface area (Å²) < 4.78 is 5.00. The van der Waals surface area contributed by atoms with Gasteiger partial charge in [0.15, 0.2) is 0 Å². The highest BCUT2D eigenvalue weighted by Crippen LogP contribution is 2.30. The minimum absolute atomic E-state index is 0.0439. The fourth-order valence-electron chi connectivity index (χ4n) is 3.20. The van der Waals surface area contributed by atoms with E-state index in [1.165, 1.54) is 9.96 Å². The summed E-state index contributed by atoms with van der Waals surface area (Å²) >= 11 is 0. The molecule has 0 radical (unpaired) electrons. The molecule has 140 valence electrons. The first-order valence-electron chi connectivity index (χ1n) is 8.14. The number of carbonyl (C=O) groups excluding carboxylic acids is 3. The van der Waals surface area contributed by atoms with Gasteiger partial charge in [-0.05, 0) is 39.9 Å². The zero-order valence-corrected chi connectivity index (χ0v) is 16.3. The number of urea groups is 1. The average Bonchev–Trinajstić information content (AvgIpc) is 2.90. The maximum absolute atomic E-state index is 12.4. The van der Waals surface area contributed by atoms with Crippen LogP contribution in [0.4, 0.5) is 10.5 Å². The maximum Gasteiger partial charge on any atom is 0.345 e. The highest BCUT2D eigenvalue weighted by Gasteiger charge is 2.47. The standard InChI is InChI=1S/C15H21N5O4P2/c21-13(7-9-1-3-10(18-25)4-2-9)16-17-14(22)12-6-5-11-8-19(12)15(23)20(11)24-26/h1-4,11-12,18H,5-8,25-26H2,(H,16,21)(H,17,22)/t11-,12-/m0/s1. The van der Waals surface area contributed by atoms with Crippen molar-refractivity contribution in [3.63, 3.8) is 0 Å². The highest BCUT2D eigenvalue weighted by atomic mass is 31.0. The lowest BCUT2D eigenvalue weighted by molar-refractivity contribution is -0.131. The lowest BCUT2D eigenvalue weighted by atomic mass is 10.0. The summed E-state index contributed by atoms with van der Waals surface area (Å²) in [4.78, 5) is 38.1. The molecule has 1 aromatic carbocycles. The molecule has 4 atom stereocenters. The number of benzene rings is 1. The van der Waals surface area contributed by atoms with E-state index in [-0.39, 0.29) is 24.4 Å². The largest absolute Gasteiger partial charge is 0.369 e. The van der Waals surface area contributed by atoms with Crippen molar-refractivity contribution >= 4 is 42.4 Å². The lowest BCUT2D eigenvalue weighted by Crippen LogP contribution is -2.54. The molecule has 2 aliphatic heterocycles. The minimum Gasteiger partial charge on any atom is -0.369 e. The number of anilines is 1. The molecule has 0 spiro atoms. The Morgan fingerprint density at radius 1 is 1.19 bits per heavy atom. The molecule has 0 aliphatic carbocycles. The summed E-state index contributed by atoms with van der Waals surface area (Å²) in [5, 5.41) is 4.19. The van der Waals surface area contributed by atoms with Crippen molar-refractivity contribution in [1.82, 2.24) is 20.8 Å². The van der Waals surface area contributed by atoms with Crippen molar-refractivity contribution < 1.29 is 19.0 Å². The Balaban J connectivity index is 1.50. The first-order valence-corrected chi connectivity index (χ1v) is 9.19. The Labute approximate surface area is 155 Å². The monoisotopic (exact) mass is 397 g/mol. The van der Waals surface area contributed by atoms with E-state index < -0.39 is 11.9 Å². The molecule has 11 heteroatoms. The second-order valence-electron chi connectivity index (χ2n) is 6.17. The molecule has 2 fully saturated rings. The molecule has 0 saturated carbocycles. The van der Waals surface area contributed by atoms with Crippen LogP contribution in [0.25, 0.3) is 0 Å². The predicted octanol–water partition coefficient (Wildman–Crippen LogP) is 0.569. The summed E-state index contributed by atoms with van der Waals surface area (Å²) in [6.07, 6.45) is 1.33. The number of nitrogens with zero attached hydrogens (tertiary/aromatic N) is 2. The van der Waals surface area contributed by atoms with Gasteiger partial charge in [-0.1, -0.05) is 12.1 Å². The molecule has 2 unspecified atom stereocenters. The first kappa shape index (κ1) is 18.8. The third-order valence-electron chi connectivity index (χ3n) is 4.55. The molecule has 9 nitrogen and oxygen atoms in total. The molecule has 3 rings (SSSR count). The molecular formula is C15H21N5O4P2. The topological polar surface area (TPSA) is 103 Å². The SMILES string of the molecule is O=C(Cc1ccc(NP)cc1)NNC(=O)[C@@H]1CC[C@H]2CN1C(=O)N2OP. The number of nitrogens with one attached hydrogen (secondary N) is 3. The van der Waals surface area contributed by atoms with Crippen molar-refractivity contribution in [2.45, 2.75) is 31.3 Å². The molecule has 2 heterocycles. The number of piperidine rings is 1. The Morgan fingerprint density at radius 2 is 1.92 bits per heavy atom. The number of carbonyl (C=O) groups is 3. The van der Waals surface area contributed by atoms with E-state index in [4.69, 9.17) is 4.62 Å². The highest BCUT2D eigenvalue weighted by molar-refractivity contribution is 7.18. The number of hydrogen-bond acceptors (Lipinski definition) is 5. The van der Waals surface area contributed by atoms with Gasteiger partial charge in [0.1, 0.15) is 6.04 Å². The van der Waals surface area contributed by atoms with Crippen LogP contribution in [-0.2, 0) is 20.6 Å². The molecule has 2 aliphatic rings. The smallest absolute Gasteiger partial charge is 0.345 e. The number of hydrazine groups is 1. The fraction of sp³-hybridized carbons (Fsp3) is 0.400. The summed E-state index contributed by atoms with van der Waals surface area (Å²) in [5.41, 5.74) is 6.57. The molecule has 0 aromatic heterocycles. The van der Waals surface area contributed by atoms with Gasteiger partial charge in [-0.2, -0.15) is 5.06 Å². The van der Waals surface area contributed by atoms with E-state index in [0.717, 1.165) is 11.3 Å². The molecule has 26 heavy (non-hydrogen) atoms. The van der Waals surface area contributed by atoms with Gasteiger partial charge in [-0.25, -0.2) is 4.79 Å². The molecule has 3 N–H and O–H groups in total. The van der Waals surface area contributed by atoms with Gasteiger partial charge >= 0.3 is 6.03 Å². The number of hydrogen-bond donors (Lipinski definition) is 3. The van der Waals surface area contributed by atoms with E-state index in [2.05, 4.69) is 34.8 Å². The van der Waals surface area contributed by atoms with Gasteiger partial charge in [0.25, 0.3) is 5.91 Å². The van der Waals surface area contributed by atoms with E-state index in [1.807, 2.05) is 24.3 Å². The number of rotatable bonds is 5. The van der Waals surface area contributed by atoms with Crippen LogP contribution in [0.1, 0.15) is 18.4 Å². The van der Waals surface area contributed by atoms with Crippen LogP contribution < -0.4 is 15.9 Å². The molecule has 4 amide bonds. The Bertz CT molecular complexity index is 702. The Kier molecular flexibility index (Phi) is 5.91. The number of fused-ring (bicyclic) bond motifs is 2. The zero-order chi connectivity index (χ0) is 18.7. The van der Waals surface area contributed by atoms with Crippen molar-refractivity contribution in [3.8, 4) is 0 Å². The second-order valence-corrected chi connectivity index (χ2v) is 6.67. The van der Waals surface area contributed by atoms with Gasteiger partial charge in [-0.15, -0.1) is 0 Å². The van der Waals surface area contributed by atoms with Crippen molar-refractivity contribution in [1.29, 1.82) is 0 Å². The Hall–Kier alpha value is -1.95. The number of hydroxylamine groups is 2. The van der Waals surface area contributed by atoms with Gasteiger partial charge in [0.2, 0.25) is 5.91 Å². The Morgan fingerprint density at radius 3 is 2.58 bits per heavy atom. The van der Waals surface area contributed by atoms with Crippen LogP contribution >= 0.6 is 18.9 Å². The summed E-state index contributed by atoms with van der Waals surface area (Å²) in [6, 6.07) is 6.37. The first-order chi connectivity index (χ1) is 12.5. The fourth-order valence-corrected chi connectivity index (χ4v) is 3.66. The zero-order valence-electron chi connectivity index (χ0n) is 14.0. The van der Waals surface area contributed by atoms with Crippen LogP contribution in [0, 0.1) is 0 Å². The maximum atomic E-state index is 12.4. The molecular weight excluding hydrogens is 376 g/mol. The summed E-state index contributed by atoms with van der Waals surface area (Å²) in [6.45, 7) is 0.440. The molecule has 2 saturated heterocycles. The normalized spacial score (nSPS) is 21.5. The predicted molar refractivity (Wildman–Crippen MR) is 101 cm³/mol. The number of amides is 4. The van der Waals surface area contributed by atoms with E-state index in [9.17, 15) is 14.4 Å². The molecule has 2 bridgehead atoms. The minimum atomic E-state index is -0.614. The van der Waals surface area contributed by atoms with Crippen LogP contribution in [0.3, 0.4) is 0 Å². The van der Waals surface area contributed by atoms with Crippen molar-refractivity contribution in [2.75, 3.05) is 11.6 Å². The summed E-state index contributed by atoms with van der Waals surface area (Å²) in [5.74, 6) is -0.736. The van der Waals surface area contributed by atoms with Crippen molar-refractivity contribution in [3.05, 3.63) is 29.8 Å². The quantitative estimate of drug-likeness (QED) is 0.498. The van der Waals surface area contributed by atoms with Crippen LogP contribution in [0.15, 0.2) is 24.3 Å². The van der Waals surface area contributed by atoms with Crippen LogP contribution in [0.2, 0.25) is 0 Å². The average molecular weight is 397 g/mol. The third-order valence-corrected chi connectivity index (χ3v) is 5.11.